The summed E-state index contributed by atoms with van der Waals surface area (Å²) in [7, 11) is 1.67. The molecular formula is C16H18FN3O3. The summed E-state index contributed by atoms with van der Waals surface area (Å²) in [4.78, 5) is 17.6. The van der Waals surface area contributed by atoms with E-state index in [4.69, 9.17) is 4.52 Å². The molecule has 3 rings (SSSR count). The summed E-state index contributed by atoms with van der Waals surface area (Å²) in [6.45, 7) is 1.85. The zero-order valence-electron chi connectivity index (χ0n) is 13.0. The van der Waals surface area contributed by atoms with Gasteiger partial charge in [-0.25, -0.2) is 4.39 Å². The number of benzene rings is 1. The van der Waals surface area contributed by atoms with Crippen LogP contribution in [0.25, 0.3) is 0 Å². The van der Waals surface area contributed by atoms with Crippen LogP contribution in [0.5, 0.6) is 0 Å². The SMILES string of the molecule is Cc1cc([C@H](C(=O)O)N(C)Cc2noc(C3CC3)n2)ccc1F. The summed E-state index contributed by atoms with van der Waals surface area (Å²) in [6.07, 6.45) is 2.12. The van der Waals surface area contributed by atoms with Crippen molar-refractivity contribution in [2.24, 2.45) is 0 Å². The molecule has 1 aliphatic rings. The van der Waals surface area contributed by atoms with Crippen LogP contribution < -0.4 is 0 Å². The van der Waals surface area contributed by atoms with Crippen LogP contribution in [0.2, 0.25) is 0 Å². The Bertz CT molecular complexity index is 727. The van der Waals surface area contributed by atoms with Gasteiger partial charge in [0.25, 0.3) is 0 Å². The number of hydrogen-bond donors (Lipinski definition) is 1. The van der Waals surface area contributed by atoms with Gasteiger partial charge in [-0.2, -0.15) is 4.98 Å². The number of rotatable bonds is 6. The number of aliphatic carboxylic acids is 1. The standard InChI is InChI=1S/C16H18FN3O3/c1-9-7-11(5-6-12(9)17)14(16(21)22)20(2)8-13-18-15(23-19-13)10-3-4-10/h5-7,10,14H,3-4,8H2,1-2H3,(H,21,22)/t14-/m1/s1. The highest BCUT2D eigenvalue weighted by Crippen LogP contribution is 2.38. The lowest BCUT2D eigenvalue weighted by atomic mass is 10.0. The minimum atomic E-state index is -1.01. The number of aryl methyl sites for hydroxylation is 1. The summed E-state index contributed by atoms with van der Waals surface area (Å²) in [6, 6.07) is 3.42. The molecule has 1 aromatic heterocycles. The van der Waals surface area contributed by atoms with E-state index < -0.39 is 12.0 Å². The van der Waals surface area contributed by atoms with E-state index in [1.165, 1.54) is 12.1 Å². The first-order valence-corrected chi connectivity index (χ1v) is 7.47. The van der Waals surface area contributed by atoms with Crippen molar-refractivity contribution < 1.29 is 18.8 Å². The van der Waals surface area contributed by atoms with Crippen molar-refractivity contribution in [1.29, 1.82) is 0 Å². The third-order valence-corrected chi connectivity index (χ3v) is 3.97. The first-order valence-electron chi connectivity index (χ1n) is 7.47. The number of hydrogen-bond acceptors (Lipinski definition) is 5. The van der Waals surface area contributed by atoms with Crippen LogP contribution in [0.15, 0.2) is 22.7 Å². The molecule has 7 heteroatoms. The quantitative estimate of drug-likeness (QED) is 0.882. The molecule has 0 amide bonds. The number of carboxylic acids is 1. The van der Waals surface area contributed by atoms with Gasteiger partial charge in [-0.1, -0.05) is 17.3 Å². The molecule has 23 heavy (non-hydrogen) atoms. The Labute approximate surface area is 132 Å². The van der Waals surface area contributed by atoms with Crippen LogP contribution >= 0.6 is 0 Å². The lowest BCUT2D eigenvalue weighted by molar-refractivity contribution is -0.143. The Hall–Kier alpha value is -2.28. The van der Waals surface area contributed by atoms with E-state index in [1.54, 1.807) is 24.9 Å². The molecule has 1 fully saturated rings. The van der Waals surface area contributed by atoms with Crippen LogP contribution in [0.3, 0.4) is 0 Å². The monoisotopic (exact) mass is 319 g/mol. The maximum Gasteiger partial charge on any atom is 0.325 e. The molecule has 1 saturated carbocycles. The van der Waals surface area contributed by atoms with Gasteiger partial charge in [-0.05, 0) is 44.0 Å². The van der Waals surface area contributed by atoms with Gasteiger partial charge < -0.3 is 9.63 Å². The molecule has 2 aromatic rings. The van der Waals surface area contributed by atoms with Crippen LogP contribution in [0.1, 0.15) is 47.6 Å². The first kappa shape index (κ1) is 15.6. The summed E-state index contributed by atoms with van der Waals surface area (Å²) >= 11 is 0. The number of likely N-dealkylation sites (N-methyl/N-ethyl adjacent to an activating group) is 1. The second-order valence-electron chi connectivity index (χ2n) is 5.99. The second-order valence-corrected chi connectivity index (χ2v) is 5.99. The van der Waals surface area contributed by atoms with Gasteiger partial charge in [-0.15, -0.1) is 0 Å². The van der Waals surface area contributed by atoms with Gasteiger partial charge in [0.1, 0.15) is 11.9 Å². The number of halogens is 1. The fourth-order valence-corrected chi connectivity index (χ4v) is 2.57. The highest BCUT2D eigenvalue weighted by atomic mass is 19.1. The summed E-state index contributed by atoms with van der Waals surface area (Å²) in [5, 5.41) is 13.4. The minimum absolute atomic E-state index is 0.240. The Morgan fingerprint density at radius 1 is 1.52 bits per heavy atom. The van der Waals surface area contributed by atoms with Crippen molar-refractivity contribution >= 4 is 5.97 Å². The molecule has 1 N–H and O–H groups in total. The maximum absolute atomic E-state index is 13.4. The zero-order valence-corrected chi connectivity index (χ0v) is 13.0. The minimum Gasteiger partial charge on any atom is -0.480 e. The van der Waals surface area contributed by atoms with Crippen LogP contribution in [0, 0.1) is 12.7 Å². The molecule has 1 atom stereocenters. The average molecular weight is 319 g/mol. The molecule has 122 valence electrons. The number of aromatic nitrogens is 2. The Kier molecular flexibility index (Phi) is 4.12. The van der Waals surface area contributed by atoms with Crippen LogP contribution in [0.4, 0.5) is 4.39 Å². The maximum atomic E-state index is 13.4. The normalized spacial score (nSPS) is 15.8. The number of nitrogens with zero attached hydrogens (tertiary/aromatic N) is 3. The van der Waals surface area contributed by atoms with E-state index in [-0.39, 0.29) is 12.4 Å². The van der Waals surface area contributed by atoms with Gasteiger partial charge in [0.05, 0.1) is 6.54 Å². The van der Waals surface area contributed by atoms with Gasteiger partial charge in [0.2, 0.25) is 5.89 Å². The first-order chi connectivity index (χ1) is 11.0. The number of carboxylic acid groups (broad SMARTS) is 1. The molecule has 0 saturated heterocycles. The second kappa shape index (κ2) is 6.08. The smallest absolute Gasteiger partial charge is 0.325 e. The molecule has 1 aromatic carbocycles. The highest BCUT2D eigenvalue weighted by Gasteiger charge is 2.31. The molecule has 0 radical (unpaired) electrons. The lowest BCUT2D eigenvalue weighted by Crippen LogP contribution is -2.31. The van der Waals surface area contributed by atoms with Crippen molar-refractivity contribution in [1.82, 2.24) is 15.0 Å². The summed E-state index contributed by atoms with van der Waals surface area (Å²) in [5.41, 5.74) is 0.933. The fraction of sp³-hybridized carbons (Fsp3) is 0.438. The third kappa shape index (κ3) is 3.39. The molecule has 6 nitrogen and oxygen atoms in total. The van der Waals surface area contributed by atoms with Crippen LogP contribution in [-0.4, -0.2) is 33.2 Å². The van der Waals surface area contributed by atoms with E-state index >= 15 is 0 Å². The highest BCUT2D eigenvalue weighted by molar-refractivity contribution is 5.75. The lowest BCUT2D eigenvalue weighted by Gasteiger charge is -2.24. The molecule has 0 bridgehead atoms. The van der Waals surface area contributed by atoms with Gasteiger partial charge in [0.15, 0.2) is 5.82 Å². The van der Waals surface area contributed by atoms with Crippen molar-refractivity contribution in [2.45, 2.75) is 38.3 Å². The largest absolute Gasteiger partial charge is 0.480 e. The van der Waals surface area contributed by atoms with Gasteiger partial charge in [0, 0.05) is 5.92 Å². The Balaban J connectivity index is 1.78. The van der Waals surface area contributed by atoms with E-state index in [0.29, 0.717) is 28.8 Å². The van der Waals surface area contributed by atoms with E-state index in [9.17, 15) is 14.3 Å². The van der Waals surface area contributed by atoms with E-state index in [2.05, 4.69) is 10.1 Å². The van der Waals surface area contributed by atoms with E-state index in [1.807, 2.05) is 0 Å². The van der Waals surface area contributed by atoms with Crippen molar-refractivity contribution in [3.05, 3.63) is 46.9 Å². The van der Waals surface area contributed by atoms with Gasteiger partial charge in [-0.3, -0.25) is 9.69 Å². The predicted octanol–water partition coefficient (Wildman–Crippen LogP) is 2.65. The molecule has 0 unspecified atom stereocenters. The third-order valence-electron chi connectivity index (χ3n) is 3.97. The topological polar surface area (TPSA) is 79.5 Å². The van der Waals surface area contributed by atoms with Crippen LogP contribution in [-0.2, 0) is 11.3 Å². The zero-order chi connectivity index (χ0) is 16.6. The Morgan fingerprint density at radius 2 is 2.26 bits per heavy atom. The molecular weight excluding hydrogens is 301 g/mol. The van der Waals surface area contributed by atoms with Crippen molar-refractivity contribution in [2.75, 3.05) is 7.05 Å². The fourth-order valence-electron chi connectivity index (χ4n) is 2.57. The molecule has 0 aliphatic heterocycles. The predicted molar refractivity (Wildman–Crippen MR) is 79.3 cm³/mol. The summed E-state index contributed by atoms with van der Waals surface area (Å²) < 4.78 is 18.6. The van der Waals surface area contributed by atoms with Gasteiger partial charge >= 0.3 is 5.97 Å². The van der Waals surface area contributed by atoms with Crippen molar-refractivity contribution in [3.63, 3.8) is 0 Å². The number of carbonyl (C=O) groups is 1. The average Bonchev–Trinajstić information content (AvgIpc) is 3.23. The van der Waals surface area contributed by atoms with E-state index in [0.717, 1.165) is 12.8 Å². The Morgan fingerprint density at radius 3 is 2.87 bits per heavy atom. The summed E-state index contributed by atoms with van der Waals surface area (Å²) in [5.74, 6) is 0.0752. The molecule has 1 heterocycles. The van der Waals surface area contributed by atoms with Crippen molar-refractivity contribution in [3.8, 4) is 0 Å². The molecule has 0 spiro atoms. The molecule has 1 aliphatic carbocycles.